The molecule has 0 saturated carbocycles. The molecular weight excluding hydrogens is 416 g/mol. The second-order valence-electron chi connectivity index (χ2n) is 8.49. The first kappa shape index (κ1) is 21.4. The first-order valence-electron chi connectivity index (χ1n) is 11.3. The Labute approximate surface area is 192 Å². The summed E-state index contributed by atoms with van der Waals surface area (Å²) in [5.41, 5.74) is 3.83. The third-order valence-corrected chi connectivity index (χ3v) is 6.36. The molecule has 7 heteroatoms. The molecule has 2 saturated heterocycles. The predicted octanol–water partition coefficient (Wildman–Crippen LogP) is 3.59. The lowest BCUT2D eigenvalue weighted by molar-refractivity contribution is -0.158. The fourth-order valence-corrected chi connectivity index (χ4v) is 4.52. The number of anilines is 1. The number of aromatic nitrogens is 1. The van der Waals surface area contributed by atoms with Crippen molar-refractivity contribution in [1.82, 2.24) is 9.88 Å². The van der Waals surface area contributed by atoms with E-state index in [9.17, 15) is 4.79 Å². The zero-order chi connectivity index (χ0) is 22.6. The average molecular weight is 443 g/mol. The highest BCUT2D eigenvalue weighted by atomic mass is 16.6. The van der Waals surface area contributed by atoms with Crippen LogP contribution in [-0.4, -0.2) is 60.8 Å². The second-order valence-corrected chi connectivity index (χ2v) is 8.49. The number of carbonyl (C=O) groups excluding carboxylic acids is 1. The lowest BCUT2D eigenvalue weighted by Gasteiger charge is -2.35. The molecule has 5 rings (SSSR count). The van der Waals surface area contributed by atoms with E-state index in [1.807, 2.05) is 41.4 Å². The summed E-state index contributed by atoms with van der Waals surface area (Å²) in [6.07, 6.45) is 4.95. The van der Waals surface area contributed by atoms with Crippen LogP contribution in [0.4, 0.5) is 5.69 Å². The number of nitriles is 1. The summed E-state index contributed by atoms with van der Waals surface area (Å²) >= 11 is 0. The van der Waals surface area contributed by atoms with E-state index >= 15 is 0 Å². The molecule has 168 valence electrons. The Bertz CT molecular complexity index is 1170. The largest absolute Gasteiger partial charge is 0.382 e. The topological polar surface area (TPSA) is 87.5 Å². The Morgan fingerprint density at radius 1 is 1.09 bits per heavy atom. The van der Waals surface area contributed by atoms with Gasteiger partial charge in [-0.2, -0.15) is 5.26 Å². The molecule has 1 atom stereocenters. The van der Waals surface area contributed by atoms with Gasteiger partial charge in [-0.05, 0) is 59.7 Å². The number of nitrogens with zero attached hydrogens (tertiary/aromatic N) is 3. The smallest absolute Gasteiger partial charge is 0.254 e. The molecule has 1 aromatic heterocycles. The van der Waals surface area contributed by atoms with Gasteiger partial charge in [0, 0.05) is 42.6 Å². The van der Waals surface area contributed by atoms with Crippen molar-refractivity contribution in [2.45, 2.75) is 25.0 Å². The average Bonchev–Trinajstić information content (AvgIpc) is 2.89. The van der Waals surface area contributed by atoms with Crippen LogP contribution in [0.25, 0.3) is 21.9 Å². The van der Waals surface area contributed by atoms with E-state index in [0.717, 1.165) is 40.4 Å². The lowest BCUT2D eigenvalue weighted by atomic mass is 9.98. The minimum absolute atomic E-state index is 0.0330. The van der Waals surface area contributed by atoms with Crippen LogP contribution in [0.1, 0.15) is 18.4 Å². The summed E-state index contributed by atoms with van der Waals surface area (Å²) < 4.78 is 11.0. The molecule has 3 heterocycles. The third kappa shape index (κ3) is 4.68. The minimum Gasteiger partial charge on any atom is -0.382 e. The fourth-order valence-electron chi connectivity index (χ4n) is 4.52. The van der Waals surface area contributed by atoms with Gasteiger partial charge in [-0.3, -0.25) is 9.78 Å². The molecular formula is C26H26N4O3. The van der Waals surface area contributed by atoms with Gasteiger partial charge in [0.15, 0.2) is 6.10 Å². The van der Waals surface area contributed by atoms with E-state index in [-0.39, 0.29) is 11.9 Å². The van der Waals surface area contributed by atoms with Gasteiger partial charge < -0.3 is 19.7 Å². The van der Waals surface area contributed by atoms with Gasteiger partial charge in [-0.1, -0.05) is 12.1 Å². The molecule has 2 aliphatic heterocycles. The van der Waals surface area contributed by atoms with Crippen molar-refractivity contribution >= 4 is 22.4 Å². The lowest BCUT2D eigenvalue weighted by Crippen LogP contribution is -2.49. The molecule has 2 aliphatic rings. The van der Waals surface area contributed by atoms with Crippen molar-refractivity contribution in [3.05, 3.63) is 60.4 Å². The third-order valence-electron chi connectivity index (χ3n) is 6.36. The number of pyridine rings is 1. The standard InChI is InChI=1S/C26H26N4O3/c27-15-18-1-3-19(4-2-18)21-13-20-5-8-28-16-23(20)24(14-21)29-22-6-9-30(10-7-22)26(31)25-17-32-11-12-33-25/h1-5,8,13-14,16,22,25,29H,6-7,9-12,17H2. The molecule has 2 aromatic carbocycles. The number of hydrogen-bond donors (Lipinski definition) is 1. The molecule has 0 bridgehead atoms. The molecule has 2 fully saturated rings. The summed E-state index contributed by atoms with van der Waals surface area (Å²) in [5.74, 6) is 0.0330. The van der Waals surface area contributed by atoms with Crippen molar-refractivity contribution < 1.29 is 14.3 Å². The Kier molecular flexibility index (Phi) is 6.20. The van der Waals surface area contributed by atoms with Crippen LogP contribution in [-0.2, 0) is 14.3 Å². The SMILES string of the molecule is N#Cc1ccc(-c2cc(NC3CCN(C(=O)C4COCCO4)CC3)c3cnccc3c2)cc1. The van der Waals surface area contributed by atoms with E-state index < -0.39 is 6.10 Å². The van der Waals surface area contributed by atoms with Crippen LogP contribution in [0.3, 0.4) is 0 Å². The van der Waals surface area contributed by atoms with Gasteiger partial charge in [0.05, 0.1) is 31.5 Å². The number of carbonyl (C=O) groups is 1. The maximum atomic E-state index is 12.7. The van der Waals surface area contributed by atoms with Gasteiger partial charge in [-0.25, -0.2) is 0 Å². The van der Waals surface area contributed by atoms with Crippen molar-refractivity contribution in [3.8, 4) is 17.2 Å². The second kappa shape index (κ2) is 9.57. The van der Waals surface area contributed by atoms with Gasteiger partial charge >= 0.3 is 0 Å². The normalized spacial score (nSPS) is 19.2. The number of amides is 1. The molecule has 0 aliphatic carbocycles. The molecule has 1 amide bonds. The summed E-state index contributed by atoms with van der Waals surface area (Å²) in [6, 6.07) is 16.4. The number of benzene rings is 2. The number of nitrogens with one attached hydrogen (secondary N) is 1. The minimum atomic E-state index is -0.470. The monoisotopic (exact) mass is 442 g/mol. The first-order valence-corrected chi connectivity index (χ1v) is 11.3. The Morgan fingerprint density at radius 3 is 2.64 bits per heavy atom. The van der Waals surface area contributed by atoms with Crippen LogP contribution in [0.15, 0.2) is 54.9 Å². The Morgan fingerprint density at radius 2 is 1.91 bits per heavy atom. The van der Waals surface area contributed by atoms with Crippen molar-refractivity contribution in [1.29, 1.82) is 5.26 Å². The van der Waals surface area contributed by atoms with Gasteiger partial charge in [0.1, 0.15) is 0 Å². The predicted molar refractivity (Wildman–Crippen MR) is 126 cm³/mol. The number of rotatable bonds is 4. The van der Waals surface area contributed by atoms with E-state index in [2.05, 4.69) is 28.5 Å². The van der Waals surface area contributed by atoms with Crippen molar-refractivity contribution in [3.63, 3.8) is 0 Å². The van der Waals surface area contributed by atoms with Gasteiger partial charge in [0.2, 0.25) is 0 Å². The molecule has 3 aromatic rings. The summed E-state index contributed by atoms with van der Waals surface area (Å²) in [6.45, 7) is 2.77. The number of ether oxygens (including phenoxy) is 2. The van der Waals surface area contributed by atoms with Crippen molar-refractivity contribution in [2.24, 2.45) is 0 Å². The quantitative estimate of drug-likeness (QED) is 0.664. The Balaban J connectivity index is 1.32. The van der Waals surface area contributed by atoms with E-state index in [4.69, 9.17) is 14.7 Å². The zero-order valence-corrected chi connectivity index (χ0v) is 18.4. The number of hydrogen-bond acceptors (Lipinski definition) is 6. The highest BCUT2D eigenvalue weighted by molar-refractivity contribution is 5.97. The maximum Gasteiger partial charge on any atom is 0.254 e. The van der Waals surface area contributed by atoms with Crippen molar-refractivity contribution in [2.75, 3.05) is 38.2 Å². The van der Waals surface area contributed by atoms with Crippen LogP contribution in [0.2, 0.25) is 0 Å². The van der Waals surface area contributed by atoms with Gasteiger partial charge in [0.25, 0.3) is 5.91 Å². The zero-order valence-electron chi connectivity index (χ0n) is 18.4. The van der Waals surface area contributed by atoms with Gasteiger partial charge in [-0.15, -0.1) is 0 Å². The first-order chi connectivity index (χ1) is 16.2. The number of piperidine rings is 1. The van der Waals surface area contributed by atoms with E-state index in [0.29, 0.717) is 38.5 Å². The molecule has 1 N–H and O–H groups in total. The highest BCUT2D eigenvalue weighted by Gasteiger charge is 2.30. The number of fused-ring (bicyclic) bond motifs is 1. The fraction of sp³-hybridized carbons (Fsp3) is 0.346. The summed E-state index contributed by atoms with van der Waals surface area (Å²) in [5, 5.41) is 15.0. The summed E-state index contributed by atoms with van der Waals surface area (Å²) in [4.78, 5) is 18.9. The molecule has 7 nitrogen and oxygen atoms in total. The van der Waals surface area contributed by atoms with E-state index in [1.54, 1.807) is 6.20 Å². The molecule has 33 heavy (non-hydrogen) atoms. The number of likely N-dealkylation sites (tertiary alicyclic amines) is 1. The highest BCUT2D eigenvalue weighted by Crippen LogP contribution is 2.32. The molecule has 0 radical (unpaired) electrons. The molecule has 1 unspecified atom stereocenters. The van der Waals surface area contributed by atoms with Crippen LogP contribution >= 0.6 is 0 Å². The Hall–Kier alpha value is -3.47. The van der Waals surface area contributed by atoms with E-state index in [1.165, 1.54) is 0 Å². The van der Waals surface area contributed by atoms with Crippen LogP contribution in [0, 0.1) is 11.3 Å². The summed E-state index contributed by atoms with van der Waals surface area (Å²) in [7, 11) is 0. The van der Waals surface area contributed by atoms with Crippen LogP contribution < -0.4 is 5.32 Å². The molecule has 0 spiro atoms. The van der Waals surface area contributed by atoms with Crippen LogP contribution in [0.5, 0.6) is 0 Å². The maximum absolute atomic E-state index is 12.7.